The second-order valence-electron chi connectivity index (χ2n) is 3.65. The van der Waals surface area contributed by atoms with Gasteiger partial charge in [-0.3, -0.25) is 0 Å². The van der Waals surface area contributed by atoms with Crippen molar-refractivity contribution in [1.82, 2.24) is 0 Å². The molecule has 0 aromatic heterocycles. The van der Waals surface area contributed by atoms with E-state index >= 15 is 0 Å². The van der Waals surface area contributed by atoms with Crippen molar-refractivity contribution in [3.8, 4) is 0 Å². The Kier molecular flexibility index (Phi) is 4.86. The predicted octanol–water partition coefficient (Wildman–Crippen LogP) is 1.57. The summed E-state index contributed by atoms with van der Waals surface area (Å²) in [6, 6.07) is 0.0263. The lowest BCUT2D eigenvalue weighted by atomic mass is 9.98. The van der Waals surface area contributed by atoms with Gasteiger partial charge in [-0.1, -0.05) is 11.1 Å². The van der Waals surface area contributed by atoms with Crippen molar-refractivity contribution in [3.05, 3.63) is 24.3 Å². The van der Waals surface area contributed by atoms with Crippen LogP contribution in [0.15, 0.2) is 24.3 Å². The van der Waals surface area contributed by atoms with Crippen LogP contribution in [-0.2, 0) is 0 Å². The standard InChI is InChI=1S/C10H20N2/c1-7(2)5-9(11)10(12)6-8(3)4/h9-10H,1,3,5-6,11-12H2,2,4H3/t9-,10-/m0/s1. The average molecular weight is 168 g/mol. The normalized spacial score (nSPS) is 15.3. The molecule has 0 amide bonds. The average Bonchev–Trinajstić information content (AvgIpc) is 1.84. The van der Waals surface area contributed by atoms with Crippen LogP contribution in [0.1, 0.15) is 26.7 Å². The van der Waals surface area contributed by atoms with Crippen LogP contribution in [-0.4, -0.2) is 12.1 Å². The van der Waals surface area contributed by atoms with Crippen molar-refractivity contribution >= 4 is 0 Å². The van der Waals surface area contributed by atoms with E-state index in [-0.39, 0.29) is 12.1 Å². The van der Waals surface area contributed by atoms with Gasteiger partial charge in [0.15, 0.2) is 0 Å². The van der Waals surface area contributed by atoms with Gasteiger partial charge in [0.2, 0.25) is 0 Å². The molecule has 0 fully saturated rings. The van der Waals surface area contributed by atoms with Gasteiger partial charge >= 0.3 is 0 Å². The van der Waals surface area contributed by atoms with E-state index in [1.807, 2.05) is 13.8 Å². The summed E-state index contributed by atoms with van der Waals surface area (Å²) >= 11 is 0. The summed E-state index contributed by atoms with van der Waals surface area (Å²) in [5.74, 6) is 0. The third-order valence-electron chi connectivity index (χ3n) is 1.72. The zero-order valence-electron chi connectivity index (χ0n) is 8.14. The Labute approximate surface area is 75.3 Å². The first-order chi connectivity index (χ1) is 5.43. The van der Waals surface area contributed by atoms with E-state index in [4.69, 9.17) is 11.5 Å². The molecule has 0 aromatic carbocycles. The minimum absolute atomic E-state index is 0.0131. The van der Waals surface area contributed by atoms with Crippen LogP contribution in [0.5, 0.6) is 0 Å². The lowest BCUT2D eigenvalue weighted by Gasteiger charge is -2.19. The van der Waals surface area contributed by atoms with Crippen molar-refractivity contribution < 1.29 is 0 Å². The maximum Gasteiger partial charge on any atom is 0.0232 e. The van der Waals surface area contributed by atoms with Gasteiger partial charge in [-0.15, -0.1) is 13.2 Å². The maximum atomic E-state index is 5.84. The summed E-state index contributed by atoms with van der Waals surface area (Å²) in [6.07, 6.45) is 1.60. The molecule has 0 aliphatic heterocycles. The van der Waals surface area contributed by atoms with Gasteiger partial charge in [0, 0.05) is 12.1 Å². The van der Waals surface area contributed by atoms with E-state index in [1.165, 1.54) is 0 Å². The number of nitrogens with two attached hydrogens (primary N) is 2. The van der Waals surface area contributed by atoms with E-state index in [0.29, 0.717) is 0 Å². The van der Waals surface area contributed by atoms with Gasteiger partial charge in [0.05, 0.1) is 0 Å². The maximum absolute atomic E-state index is 5.84. The SMILES string of the molecule is C=C(C)C[C@H](N)[C@@H](N)CC(=C)C. The van der Waals surface area contributed by atoms with E-state index in [2.05, 4.69) is 13.2 Å². The molecule has 2 heteroatoms. The molecule has 0 spiro atoms. The van der Waals surface area contributed by atoms with Crippen molar-refractivity contribution in [2.45, 2.75) is 38.8 Å². The molecule has 0 aromatic rings. The van der Waals surface area contributed by atoms with Gasteiger partial charge in [-0.05, 0) is 26.7 Å². The highest BCUT2D eigenvalue weighted by atomic mass is 14.8. The zero-order chi connectivity index (χ0) is 9.72. The summed E-state index contributed by atoms with van der Waals surface area (Å²) in [7, 11) is 0. The van der Waals surface area contributed by atoms with Gasteiger partial charge in [0.1, 0.15) is 0 Å². The molecule has 12 heavy (non-hydrogen) atoms. The summed E-state index contributed by atoms with van der Waals surface area (Å²) in [4.78, 5) is 0. The Morgan fingerprint density at radius 1 is 1.00 bits per heavy atom. The molecule has 0 bridgehead atoms. The Hall–Kier alpha value is -0.600. The molecule has 2 atom stereocenters. The first-order valence-electron chi connectivity index (χ1n) is 4.23. The van der Waals surface area contributed by atoms with Crippen LogP contribution in [0.25, 0.3) is 0 Å². The van der Waals surface area contributed by atoms with E-state index in [1.54, 1.807) is 0 Å². The minimum Gasteiger partial charge on any atom is -0.326 e. The van der Waals surface area contributed by atoms with Crippen molar-refractivity contribution in [2.24, 2.45) is 11.5 Å². The van der Waals surface area contributed by atoms with E-state index in [9.17, 15) is 0 Å². The first-order valence-corrected chi connectivity index (χ1v) is 4.23. The summed E-state index contributed by atoms with van der Waals surface area (Å²) in [5, 5.41) is 0. The molecule has 0 saturated carbocycles. The molecule has 0 radical (unpaired) electrons. The van der Waals surface area contributed by atoms with E-state index < -0.39 is 0 Å². The van der Waals surface area contributed by atoms with E-state index in [0.717, 1.165) is 24.0 Å². The zero-order valence-corrected chi connectivity index (χ0v) is 8.14. The molecule has 2 nitrogen and oxygen atoms in total. The van der Waals surface area contributed by atoms with Gasteiger partial charge in [-0.25, -0.2) is 0 Å². The molecule has 70 valence electrons. The third-order valence-corrected chi connectivity index (χ3v) is 1.72. The van der Waals surface area contributed by atoms with Crippen LogP contribution < -0.4 is 11.5 Å². The lowest BCUT2D eigenvalue weighted by molar-refractivity contribution is 0.517. The molecule has 0 aliphatic carbocycles. The van der Waals surface area contributed by atoms with Crippen molar-refractivity contribution in [3.63, 3.8) is 0 Å². The van der Waals surface area contributed by atoms with Crippen molar-refractivity contribution in [1.29, 1.82) is 0 Å². The minimum atomic E-state index is 0.0131. The van der Waals surface area contributed by atoms with Gasteiger partial charge < -0.3 is 11.5 Å². The highest BCUT2D eigenvalue weighted by Gasteiger charge is 2.12. The van der Waals surface area contributed by atoms with Crippen LogP contribution in [0.4, 0.5) is 0 Å². The number of rotatable bonds is 5. The Balaban J connectivity index is 3.83. The lowest BCUT2D eigenvalue weighted by Crippen LogP contribution is -2.41. The molecule has 0 saturated heterocycles. The summed E-state index contributed by atoms with van der Waals surface area (Å²) in [5.41, 5.74) is 13.8. The first kappa shape index (κ1) is 11.4. The van der Waals surface area contributed by atoms with Crippen LogP contribution >= 0.6 is 0 Å². The summed E-state index contributed by atoms with van der Waals surface area (Å²) in [6.45, 7) is 11.5. The van der Waals surface area contributed by atoms with Gasteiger partial charge in [-0.2, -0.15) is 0 Å². The monoisotopic (exact) mass is 168 g/mol. The topological polar surface area (TPSA) is 52.0 Å². The predicted molar refractivity (Wildman–Crippen MR) is 54.8 cm³/mol. The molecule has 0 rings (SSSR count). The fraction of sp³-hybridized carbons (Fsp3) is 0.600. The summed E-state index contributed by atoms with van der Waals surface area (Å²) < 4.78 is 0. The largest absolute Gasteiger partial charge is 0.326 e. The molecular formula is C10H20N2. The highest BCUT2D eigenvalue weighted by molar-refractivity contribution is 5.00. The molecule has 4 N–H and O–H groups in total. The molecule has 0 aliphatic rings. The molecule has 0 heterocycles. The fourth-order valence-electron chi connectivity index (χ4n) is 1.11. The van der Waals surface area contributed by atoms with Crippen LogP contribution in [0.3, 0.4) is 0 Å². The Morgan fingerprint density at radius 2 is 1.25 bits per heavy atom. The third kappa shape index (κ3) is 5.10. The van der Waals surface area contributed by atoms with Crippen LogP contribution in [0.2, 0.25) is 0 Å². The number of hydrogen-bond donors (Lipinski definition) is 2. The smallest absolute Gasteiger partial charge is 0.0232 e. The molecular weight excluding hydrogens is 148 g/mol. The van der Waals surface area contributed by atoms with Gasteiger partial charge in [0.25, 0.3) is 0 Å². The highest BCUT2D eigenvalue weighted by Crippen LogP contribution is 2.08. The quantitative estimate of drug-likeness (QED) is 0.612. The second kappa shape index (κ2) is 5.12. The Bertz CT molecular complexity index is 153. The van der Waals surface area contributed by atoms with Crippen molar-refractivity contribution in [2.75, 3.05) is 0 Å². The fourth-order valence-corrected chi connectivity index (χ4v) is 1.11. The molecule has 0 unspecified atom stereocenters. The Morgan fingerprint density at radius 3 is 1.42 bits per heavy atom. The second-order valence-corrected chi connectivity index (χ2v) is 3.65. The number of hydrogen-bond acceptors (Lipinski definition) is 2. The van der Waals surface area contributed by atoms with Crippen LogP contribution in [0, 0.1) is 0 Å².